The van der Waals surface area contributed by atoms with E-state index < -0.39 is 15.9 Å². The lowest BCUT2D eigenvalue weighted by atomic mass is 10.3. The Morgan fingerprint density at radius 3 is 2.57 bits per heavy atom. The highest BCUT2D eigenvalue weighted by atomic mass is 35.5. The molecule has 0 aliphatic heterocycles. The monoisotopic (exact) mass is 364 g/mol. The van der Waals surface area contributed by atoms with Crippen molar-refractivity contribution in [2.75, 3.05) is 11.9 Å². The minimum Gasteiger partial charge on any atom is -0.325 e. The van der Waals surface area contributed by atoms with Gasteiger partial charge in [0.1, 0.15) is 4.21 Å². The van der Waals surface area contributed by atoms with Gasteiger partial charge in [0.2, 0.25) is 5.91 Å². The molecule has 5 nitrogen and oxygen atoms in total. The molecular weight excluding hydrogens is 355 g/mol. The molecule has 0 bridgehead atoms. The number of thiophene rings is 1. The Hall–Kier alpha value is -1.12. The van der Waals surface area contributed by atoms with Gasteiger partial charge in [0, 0.05) is 5.69 Å². The van der Waals surface area contributed by atoms with Gasteiger partial charge in [0.15, 0.2) is 0 Å². The first-order chi connectivity index (χ1) is 9.88. The average Bonchev–Trinajstić information content (AvgIpc) is 2.96. The van der Waals surface area contributed by atoms with Crippen molar-refractivity contribution < 1.29 is 13.2 Å². The Bertz CT molecular complexity index is 746. The fourth-order valence-corrected chi connectivity index (χ4v) is 3.74. The van der Waals surface area contributed by atoms with Gasteiger partial charge >= 0.3 is 0 Å². The normalized spacial score (nSPS) is 11.3. The third-order valence-electron chi connectivity index (χ3n) is 2.39. The van der Waals surface area contributed by atoms with Crippen LogP contribution in [0.2, 0.25) is 10.0 Å². The predicted octanol–water partition coefficient (Wildman–Crippen LogP) is 2.97. The summed E-state index contributed by atoms with van der Waals surface area (Å²) in [7, 11) is -3.66. The molecule has 2 rings (SSSR count). The van der Waals surface area contributed by atoms with Crippen LogP contribution >= 0.6 is 34.5 Å². The molecule has 0 unspecified atom stereocenters. The lowest BCUT2D eigenvalue weighted by Crippen LogP contribution is -2.32. The Labute approximate surface area is 135 Å². The summed E-state index contributed by atoms with van der Waals surface area (Å²) in [5.41, 5.74) is 0.435. The van der Waals surface area contributed by atoms with Gasteiger partial charge in [0.25, 0.3) is 10.0 Å². The number of anilines is 1. The van der Waals surface area contributed by atoms with Crippen LogP contribution in [0.5, 0.6) is 0 Å². The first-order valence-corrected chi connectivity index (χ1v) is 8.78. The number of rotatable bonds is 5. The summed E-state index contributed by atoms with van der Waals surface area (Å²) in [6.07, 6.45) is 0. The van der Waals surface area contributed by atoms with E-state index in [1.165, 1.54) is 18.2 Å². The van der Waals surface area contributed by atoms with Crippen LogP contribution in [-0.4, -0.2) is 20.9 Å². The molecule has 1 heterocycles. The van der Waals surface area contributed by atoms with Crippen LogP contribution in [0.1, 0.15) is 0 Å². The highest BCUT2D eigenvalue weighted by Crippen LogP contribution is 2.24. The summed E-state index contributed by atoms with van der Waals surface area (Å²) >= 11 is 12.7. The molecule has 0 saturated heterocycles. The first-order valence-electron chi connectivity index (χ1n) is 5.66. The molecule has 9 heteroatoms. The van der Waals surface area contributed by atoms with E-state index >= 15 is 0 Å². The first kappa shape index (κ1) is 16.3. The molecule has 1 amide bonds. The molecule has 112 valence electrons. The van der Waals surface area contributed by atoms with Crippen molar-refractivity contribution in [1.82, 2.24) is 4.72 Å². The summed E-state index contributed by atoms with van der Waals surface area (Å²) in [5, 5.41) is 4.83. The van der Waals surface area contributed by atoms with Crippen LogP contribution in [0, 0.1) is 0 Å². The van der Waals surface area contributed by atoms with Gasteiger partial charge in [-0.15, -0.1) is 11.3 Å². The van der Waals surface area contributed by atoms with Gasteiger partial charge in [-0.3, -0.25) is 4.79 Å². The van der Waals surface area contributed by atoms with Gasteiger partial charge in [0.05, 0.1) is 16.6 Å². The highest BCUT2D eigenvalue weighted by Gasteiger charge is 2.16. The van der Waals surface area contributed by atoms with E-state index in [-0.39, 0.29) is 10.8 Å². The van der Waals surface area contributed by atoms with Crippen molar-refractivity contribution in [2.24, 2.45) is 0 Å². The quantitative estimate of drug-likeness (QED) is 0.856. The minimum atomic E-state index is -3.66. The van der Waals surface area contributed by atoms with E-state index in [0.29, 0.717) is 15.7 Å². The molecular formula is C12H10Cl2N2O3S2. The lowest BCUT2D eigenvalue weighted by molar-refractivity contribution is -0.115. The van der Waals surface area contributed by atoms with Crippen LogP contribution < -0.4 is 10.0 Å². The smallest absolute Gasteiger partial charge is 0.250 e. The average molecular weight is 365 g/mol. The van der Waals surface area contributed by atoms with Gasteiger partial charge in [-0.05, 0) is 29.6 Å². The molecule has 2 N–H and O–H groups in total. The Morgan fingerprint density at radius 1 is 1.19 bits per heavy atom. The number of sulfonamides is 1. The number of hydrogen-bond donors (Lipinski definition) is 2. The lowest BCUT2D eigenvalue weighted by Gasteiger charge is -2.07. The van der Waals surface area contributed by atoms with Crippen molar-refractivity contribution in [1.29, 1.82) is 0 Å². The summed E-state index contributed by atoms with van der Waals surface area (Å²) in [6, 6.07) is 7.67. The van der Waals surface area contributed by atoms with E-state index in [1.807, 2.05) is 0 Å². The Morgan fingerprint density at radius 2 is 1.95 bits per heavy atom. The zero-order valence-electron chi connectivity index (χ0n) is 10.5. The number of hydrogen-bond acceptors (Lipinski definition) is 4. The van der Waals surface area contributed by atoms with Crippen molar-refractivity contribution in [3.63, 3.8) is 0 Å². The molecule has 0 aliphatic rings. The SMILES string of the molecule is O=C(CNS(=O)(=O)c1cccs1)Nc1ccc(Cl)c(Cl)c1. The van der Waals surface area contributed by atoms with Crippen LogP contribution in [-0.2, 0) is 14.8 Å². The minimum absolute atomic E-state index is 0.157. The fourth-order valence-electron chi connectivity index (χ4n) is 1.43. The second-order valence-corrected chi connectivity index (χ2v) is 7.69. The highest BCUT2D eigenvalue weighted by molar-refractivity contribution is 7.91. The summed E-state index contributed by atoms with van der Waals surface area (Å²) in [5.74, 6) is -0.506. The van der Waals surface area contributed by atoms with E-state index in [2.05, 4.69) is 10.0 Å². The number of carbonyl (C=O) groups excluding carboxylic acids is 1. The molecule has 1 aromatic heterocycles. The van der Waals surface area contributed by atoms with Crippen molar-refractivity contribution in [2.45, 2.75) is 4.21 Å². The maximum absolute atomic E-state index is 11.8. The van der Waals surface area contributed by atoms with E-state index in [9.17, 15) is 13.2 Å². The summed E-state index contributed by atoms with van der Waals surface area (Å²) in [6.45, 7) is -0.375. The molecule has 1 aromatic carbocycles. The van der Waals surface area contributed by atoms with E-state index in [1.54, 1.807) is 17.5 Å². The molecule has 2 aromatic rings. The second kappa shape index (κ2) is 6.76. The number of amides is 1. The maximum atomic E-state index is 11.8. The fraction of sp³-hybridized carbons (Fsp3) is 0.0833. The summed E-state index contributed by atoms with van der Waals surface area (Å²) in [4.78, 5) is 11.7. The molecule has 0 saturated carbocycles. The topological polar surface area (TPSA) is 75.3 Å². The predicted molar refractivity (Wildman–Crippen MR) is 84.6 cm³/mol. The number of benzene rings is 1. The third-order valence-corrected chi connectivity index (χ3v) is 5.92. The molecule has 0 aliphatic carbocycles. The van der Waals surface area contributed by atoms with Crippen molar-refractivity contribution >= 4 is 56.2 Å². The standard InChI is InChI=1S/C12H10Cl2N2O3S2/c13-9-4-3-8(6-10(9)14)16-11(17)7-15-21(18,19)12-2-1-5-20-12/h1-6,15H,7H2,(H,16,17). The van der Waals surface area contributed by atoms with E-state index in [0.717, 1.165) is 11.3 Å². The van der Waals surface area contributed by atoms with Crippen LogP contribution in [0.15, 0.2) is 39.9 Å². The largest absolute Gasteiger partial charge is 0.325 e. The zero-order chi connectivity index (χ0) is 15.5. The van der Waals surface area contributed by atoms with E-state index in [4.69, 9.17) is 23.2 Å². The molecule has 0 spiro atoms. The third kappa shape index (κ3) is 4.42. The molecule has 0 fully saturated rings. The molecule has 21 heavy (non-hydrogen) atoms. The van der Waals surface area contributed by atoms with Gasteiger partial charge in [-0.2, -0.15) is 0 Å². The zero-order valence-corrected chi connectivity index (χ0v) is 13.6. The van der Waals surface area contributed by atoms with Gasteiger partial charge in [-0.25, -0.2) is 13.1 Å². The van der Waals surface area contributed by atoms with Gasteiger partial charge < -0.3 is 5.32 Å². The maximum Gasteiger partial charge on any atom is 0.250 e. The number of carbonyl (C=O) groups is 1. The number of halogens is 2. The van der Waals surface area contributed by atoms with Crippen molar-refractivity contribution in [3.05, 3.63) is 45.8 Å². The van der Waals surface area contributed by atoms with Gasteiger partial charge in [-0.1, -0.05) is 29.3 Å². The molecule has 0 atom stereocenters. The number of nitrogens with one attached hydrogen (secondary N) is 2. The van der Waals surface area contributed by atoms with Crippen LogP contribution in [0.4, 0.5) is 5.69 Å². The summed E-state index contributed by atoms with van der Waals surface area (Å²) < 4.78 is 26.0. The van der Waals surface area contributed by atoms with Crippen molar-refractivity contribution in [3.8, 4) is 0 Å². The second-order valence-electron chi connectivity index (χ2n) is 3.93. The molecule has 0 radical (unpaired) electrons. The Balaban J connectivity index is 1.95. The van der Waals surface area contributed by atoms with Crippen LogP contribution in [0.25, 0.3) is 0 Å². The Kier molecular flexibility index (Phi) is 5.23. The van der Waals surface area contributed by atoms with Crippen LogP contribution in [0.3, 0.4) is 0 Å².